The Morgan fingerprint density at radius 2 is 2.33 bits per heavy atom. The van der Waals surface area contributed by atoms with Crippen LogP contribution in [-0.4, -0.2) is 12.6 Å². The molecule has 0 aliphatic carbocycles. The summed E-state index contributed by atoms with van der Waals surface area (Å²) in [5.41, 5.74) is 1.77. The van der Waals surface area contributed by atoms with Crippen molar-refractivity contribution < 1.29 is 4.39 Å². The molecule has 0 radical (unpaired) electrons. The van der Waals surface area contributed by atoms with Gasteiger partial charge in [0.2, 0.25) is 0 Å². The Labute approximate surface area is 94.6 Å². The maximum Gasteiger partial charge on any atom is 0.115 e. The first-order valence-electron chi connectivity index (χ1n) is 5.36. The van der Waals surface area contributed by atoms with Crippen molar-refractivity contribution in [2.45, 2.75) is 32.0 Å². The molecule has 1 fully saturated rings. The molecule has 1 nitrogen and oxygen atoms in total. The molecule has 1 aromatic rings. The molecule has 1 saturated heterocycles. The summed E-state index contributed by atoms with van der Waals surface area (Å²) >= 11 is 6.09. The Morgan fingerprint density at radius 1 is 1.47 bits per heavy atom. The number of hydrogen-bond acceptors (Lipinski definition) is 1. The second-order valence-electron chi connectivity index (χ2n) is 4.06. The van der Waals surface area contributed by atoms with Crippen LogP contribution in [0.5, 0.6) is 0 Å². The van der Waals surface area contributed by atoms with Crippen LogP contribution in [0, 0.1) is 0 Å². The van der Waals surface area contributed by atoms with Crippen LogP contribution in [0.2, 0.25) is 5.02 Å². The van der Waals surface area contributed by atoms with Crippen molar-refractivity contribution in [2.75, 3.05) is 6.54 Å². The number of benzene rings is 1. The van der Waals surface area contributed by atoms with E-state index in [1.54, 1.807) is 6.07 Å². The Balaban J connectivity index is 2.07. The highest BCUT2D eigenvalue weighted by Gasteiger charge is 2.15. The molecule has 1 unspecified atom stereocenters. The molecule has 1 aromatic carbocycles. The predicted molar refractivity (Wildman–Crippen MR) is 61.0 cm³/mol. The monoisotopic (exact) mass is 227 g/mol. The highest BCUT2D eigenvalue weighted by atomic mass is 35.5. The van der Waals surface area contributed by atoms with Gasteiger partial charge in [-0.2, -0.15) is 0 Å². The molecule has 3 heteroatoms. The summed E-state index contributed by atoms with van der Waals surface area (Å²) in [4.78, 5) is 0. The lowest BCUT2D eigenvalue weighted by atomic mass is 10.0. The number of hydrogen-bond donors (Lipinski definition) is 1. The van der Waals surface area contributed by atoms with Gasteiger partial charge < -0.3 is 5.32 Å². The average Bonchev–Trinajstić information content (AvgIpc) is 2.74. The van der Waals surface area contributed by atoms with Gasteiger partial charge in [-0.25, -0.2) is 4.39 Å². The maximum absolute atomic E-state index is 12.4. The van der Waals surface area contributed by atoms with Gasteiger partial charge in [-0.05, 0) is 43.0 Å². The second-order valence-corrected chi connectivity index (χ2v) is 4.46. The van der Waals surface area contributed by atoms with Crippen molar-refractivity contribution in [3.8, 4) is 0 Å². The van der Waals surface area contributed by atoms with E-state index in [2.05, 4.69) is 5.32 Å². The van der Waals surface area contributed by atoms with Crippen molar-refractivity contribution >= 4 is 11.6 Å². The highest BCUT2D eigenvalue weighted by Crippen LogP contribution is 2.22. The molecular weight excluding hydrogens is 213 g/mol. The zero-order valence-electron chi connectivity index (χ0n) is 8.60. The van der Waals surface area contributed by atoms with Crippen LogP contribution in [0.15, 0.2) is 18.2 Å². The molecule has 0 aromatic heterocycles. The SMILES string of the molecule is FCc1ccc(CC2CCCN2)c(Cl)c1. The fourth-order valence-corrected chi connectivity index (χ4v) is 2.32. The molecule has 0 bridgehead atoms. The summed E-state index contributed by atoms with van der Waals surface area (Å²) in [6.07, 6.45) is 3.40. The van der Waals surface area contributed by atoms with E-state index in [0.29, 0.717) is 16.6 Å². The third-order valence-corrected chi connectivity index (χ3v) is 3.25. The normalized spacial score (nSPS) is 20.8. The van der Waals surface area contributed by atoms with Gasteiger partial charge in [-0.1, -0.05) is 23.7 Å². The molecule has 15 heavy (non-hydrogen) atoms. The third kappa shape index (κ3) is 2.70. The molecule has 1 N–H and O–H groups in total. The van der Waals surface area contributed by atoms with Gasteiger partial charge in [0.1, 0.15) is 6.67 Å². The molecule has 2 rings (SSSR count). The van der Waals surface area contributed by atoms with Gasteiger partial charge in [0, 0.05) is 11.1 Å². The Morgan fingerprint density at radius 3 is 2.93 bits per heavy atom. The molecule has 1 aliphatic heterocycles. The van der Waals surface area contributed by atoms with E-state index in [4.69, 9.17) is 11.6 Å². The third-order valence-electron chi connectivity index (χ3n) is 2.90. The van der Waals surface area contributed by atoms with Gasteiger partial charge in [0.05, 0.1) is 0 Å². The van der Waals surface area contributed by atoms with Crippen LogP contribution >= 0.6 is 11.6 Å². The van der Waals surface area contributed by atoms with Crippen LogP contribution in [-0.2, 0) is 13.1 Å². The largest absolute Gasteiger partial charge is 0.314 e. The number of halogens is 2. The van der Waals surface area contributed by atoms with Gasteiger partial charge in [0.15, 0.2) is 0 Å². The summed E-state index contributed by atoms with van der Waals surface area (Å²) in [6, 6.07) is 6.03. The van der Waals surface area contributed by atoms with Gasteiger partial charge in [-0.15, -0.1) is 0 Å². The van der Waals surface area contributed by atoms with E-state index in [1.165, 1.54) is 12.8 Å². The zero-order chi connectivity index (χ0) is 10.7. The summed E-state index contributed by atoms with van der Waals surface area (Å²) < 4.78 is 12.4. The molecule has 0 spiro atoms. The minimum atomic E-state index is -0.443. The van der Waals surface area contributed by atoms with Crippen molar-refractivity contribution in [3.05, 3.63) is 34.3 Å². The average molecular weight is 228 g/mol. The molecule has 0 saturated carbocycles. The lowest BCUT2D eigenvalue weighted by Crippen LogP contribution is -2.23. The van der Waals surface area contributed by atoms with Crippen molar-refractivity contribution in [1.29, 1.82) is 0 Å². The quantitative estimate of drug-likeness (QED) is 0.837. The minimum absolute atomic E-state index is 0.443. The topological polar surface area (TPSA) is 12.0 Å². The molecule has 0 amide bonds. The second kappa shape index (κ2) is 4.95. The Bertz CT molecular complexity index is 334. The first-order chi connectivity index (χ1) is 7.29. The molecule has 1 aliphatic rings. The lowest BCUT2D eigenvalue weighted by molar-refractivity contribution is 0.485. The van der Waals surface area contributed by atoms with Crippen LogP contribution in [0.4, 0.5) is 4.39 Å². The van der Waals surface area contributed by atoms with Gasteiger partial charge in [0.25, 0.3) is 0 Å². The Hall–Kier alpha value is -0.600. The zero-order valence-corrected chi connectivity index (χ0v) is 9.36. The summed E-state index contributed by atoms with van der Waals surface area (Å²) in [5.74, 6) is 0. The van der Waals surface area contributed by atoms with E-state index >= 15 is 0 Å². The summed E-state index contributed by atoms with van der Waals surface area (Å²) in [5, 5.41) is 4.12. The van der Waals surface area contributed by atoms with Crippen LogP contribution in [0.3, 0.4) is 0 Å². The molecule has 82 valence electrons. The van der Waals surface area contributed by atoms with E-state index < -0.39 is 6.67 Å². The summed E-state index contributed by atoms with van der Waals surface area (Å²) in [6.45, 7) is 0.659. The summed E-state index contributed by atoms with van der Waals surface area (Å²) in [7, 11) is 0. The van der Waals surface area contributed by atoms with Crippen LogP contribution < -0.4 is 5.32 Å². The van der Waals surface area contributed by atoms with Crippen molar-refractivity contribution in [1.82, 2.24) is 5.32 Å². The fourth-order valence-electron chi connectivity index (χ4n) is 2.04. The molecule has 1 atom stereocenters. The minimum Gasteiger partial charge on any atom is -0.314 e. The first kappa shape index (κ1) is 10.9. The van der Waals surface area contributed by atoms with E-state index in [0.717, 1.165) is 18.5 Å². The van der Waals surface area contributed by atoms with Gasteiger partial charge >= 0.3 is 0 Å². The predicted octanol–water partition coefficient (Wildman–Crippen LogP) is 3.10. The molecule has 1 heterocycles. The van der Waals surface area contributed by atoms with E-state index in [-0.39, 0.29) is 0 Å². The van der Waals surface area contributed by atoms with Crippen molar-refractivity contribution in [2.24, 2.45) is 0 Å². The maximum atomic E-state index is 12.4. The van der Waals surface area contributed by atoms with Crippen LogP contribution in [0.1, 0.15) is 24.0 Å². The van der Waals surface area contributed by atoms with Crippen LogP contribution in [0.25, 0.3) is 0 Å². The van der Waals surface area contributed by atoms with E-state index in [1.807, 2.05) is 12.1 Å². The fraction of sp³-hybridized carbons (Fsp3) is 0.500. The van der Waals surface area contributed by atoms with E-state index in [9.17, 15) is 4.39 Å². The molecular formula is C12H15ClFN. The number of rotatable bonds is 3. The lowest BCUT2D eigenvalue weighted by Gasteiger charge is -2.11. The van der Waals surface area contributed by atoms with Crippen molar-refractivity contribution in [3.63, 3.8) is 0 Å². The number of nitrogens with one attached hydrogen (secondary N) is 1. The van der Waals surface area contributed by atoms with Gasteiger partial charge in [-0.3, -0.25) is 0 Å². The first-order valence-corrected chi connectivity index (χ1v) is 5.74. The highest BCUT2D eigenvalue weighted by molar-refractivity contribution is 6.31. The standard InChI is InChI=1S/C12H15ClFN/c13-12-6-9(8-14)3-4-10(12)7-11-2-1-5-15-11/h3-4,6,11,15H,1-2,5,7-8H2. The number of alkyl halides is 1. The Kier molecular flexibility index (Phi) is 3.60. The smallest absolute Gasteiger partial charge is 0.115 e.